The molecule has 1 N–H and O–H groups in total. The molecule has 1 aliphatic heterocycles. The summed E-state index contributed by atoms with van der Waals surface area (Å²) in [4.78, 5) is 11.1. The molecule has 0 bridgehead atoms. The number of methoxy groups -OCH3 is 1. The highest BCUT2D eigenvalue weighted by molar-refractivity contribution is 5.51. The molecule has 1 atom stereocenters. The normalized spacial score (nSPS) is 17.0. The first-order chi connectivity index (χ1) is 14.6. The molecule has 1 saturated heterocycles. The Morgan fingerprint density at radius 1 is 1.20 bits per heavy atom. The minimum absolute atomic E-state index is 0.127. The van der Waals surface area contributed by atoms with E-state index in [0.29, 0.717) is 18.2 Å². The van der Waals surface area contributed by atoms with Gasteiger partial charge in [0.15, 0.2) is 0 Å². The van der Waals surface area contributed by atoms with Gasteiger partial charge in [0.25, 0.3) is 0 Å². The van der Waals surface area contributed by atoms with Crippen molar-refractivity contribution in [3.8, 4) is 5.75 Å². The quantitative estimate of drug-likeness (QED) is 0.658. The highest BCUT2D eigenvalue weighted by atomic mass is 19.1. The molecule has 0 unspecified atom stereocenters. The lowest BCUT2D eigenvalue weighted by Crippen LogP contribution is -2.38. The second-order valence-corrected chi connectivity index (χ2v) is 7.34. The first-order valence-electron chi connectivity index (χ1n) is 9.94. The highest BCUT2D eigenvalue weighted by Gasteiger charge is 2.24. The summed E-state index contributed by atoms with van der Waals surface area (Å²) in [6.07, 6.45) is 1.05. The van der Waals surface area contributed by atoms with Crippen molar-refractivity contribution < 1.29 is 13.9 Å². The first kappa shape index (κ1) is 20.3. The number of pyridine rings is 2. The van der Waals surface area contributed by atoms with E-state index in [9.17, 15) is 4.39 Å². The van der Waals surface area contributed by atoms with E-state index in [1.54, 1.807) is 13.2 Å². The van der Waals surface area contributed by atoms with Crippen LogP contribution >= 0.6 is 0 Å². The van der Waals surface area contributed by atoms with Gasteiger partial charge in [0.2, 0.25) is 0 Å². The Bertz CT molecular complexity index is 997. The van der Waals surface area contributed by atoms with Crippen LogP contribution in [-0.4, -0.2) is 41.7 Å². The number of benzene rings is 1. The summed E-state index contributed by atoms with van der Waals surface area (Å²) in [7, 11) is 1.71. The molecule has 0 saturated carbocycles. The standard InChI is InChI=1S/C23H25FN4O2/c1-16-6-7-17(20(12-16)29-2)14-28-10-11-30-21(15-28)19-4-3-5-23(26-19)27-22-9-8-18(24)13-25-22/h3-9,12-13,21H,10-11,14-15H2,1-2H3,(H,25,26,27)/t21-/m0/s1. The summed E-state index contributed by atoms with van der Waals surface area (Å²) >= 11 is 0. The number of halogens is 1. The average molecular weight is 408 g/mol. The lowest BCUT2D eigenvalue weighted by atomic mass is 10.1. The lowest BCUT2D eigenvalue weighted by Gasteiger charge is -2.33. The predicted molar refractivity (Wildman–Crippen MR) is 113 cm³/mol. The lowest BCUT2D eigenvalue weighted by molar-refractivity contribution is -0.0350. The van der Waals surface area contributed by atoms with Gasteiger partial charge < -0.3 is 14.8 Å². The van der Waals surface area contributed by atoms with Gasteiger partial charge in [0.05, 0.1) is 25.6 Å². The Labute approximate surface area is 175 Å². The van der Waals surface area contributed by atoms with Gasteiger partial charge in [-0.25, -0.2) is 14.4 Å². The molecule has 2 aromatic heterocycles. The maximum atomic E-state index is 13.1. The average Bonchev–Trinajstić information content (AvgIpc) is 2.77. The zero-order valence-corrected chi connectivity index (χ0v) is 17.1. The number of hydrogen-bond donors (Lipinski definition) is 1. The van der Waals surface area contributed by atoms with Crippen LogP contribution in [0.1, 0.15) is 22.9 Å². The fourth-order valence-electron chi connectivity index (χ4n) is 3.53. The SMILES string of the molecule is COc1cc(C)ccc1CN1CCO[C@H](c2cccc(Nc3ccc(F)cn3)n2)C1. The number of nitrogens with zero attached hydrogens (tertiary/aromatic N) is 3. The molecule has 0 aliphatic carbocycles. The molecule has 0 spiro atoms. The van der Waals surface area contributed by atoms with Gasteiger partial charge in [-0.3, -0.25) is 4.90 Å². The van der Waals surface area contributed by atoms with Crippen molar-refractivity contribution in [2.45, 2.75) is 19.6 Å². The maximum absolute atomic E-state index is 13.1. The molecule has 1 aliphatic rings. The topological polar surface area (TPSA) is 59.5 Å². The van der Waals surface area contributed by atoms with E-state index in [4.69, 9.17) is 9.47 Å². The van der Waals surface area contributed by atoms with Crippen LogP contribution in [-0.2, 0) is 11.3 Å². The third kappa shape index (κ3) is 4.93. The number of morpholine rings is 1. The summed E-state index contributed by atoms with van der Waals surface area (Å²) in [6, 6.07) is 15.0. The molecule has 6 nitrogen and oxygen atoms in total. The van der Waals surface area contributed by atoms with Gasteiger partial charge in [0, 0.05) is 25.2 Å². The van der Waals surface area contributed by atoms with E-state index < -0.39 is 0 Å². The Balaban J connectivity index is 1.45. The zero-order chi connectivity index (χ0) is 20.9. The molecule has 7 heteroatoms. The molecule has 1 fully saturated rings. The summed E-state index contributed by atoms with van der Waals surface area (Å²) in [5.74, 6) is 1.73. The van der Waals surface area contributed by atoms with Crippen molar-refractivity contribution in [3.63, 3.8) is 0 Å². The van der Waals surface area contributed by atoms with Gasteiger partial charge in [0.1, 0.15) is 29.3 Å². The Hall–Kier alpha value is -3.03. The Kier molecular flexibility index (Phi) is 6.21. The van der Waals surface area contributed by atoms with E-state index in [0.717, 1.165) is 36.6 Å². The molecule has 30 heavy (non-hydrogen) atoms. The van der Waals surface area contributed by atoms with Crippen LogP contribution < -0.4 is 10.1 Å². The molecule has 4 rings (SSSR count). The van der Waals surface area contributed by atoms with Gasteiger partial charge in [-0.1, -0.05) is 18.2 Å². The number of rotatable bonds is 6. The van der Waals surface area contributed by atoms with Crippen molar-refractivity contribution in [1.29, 1.82) is 0 Å². The van der Waals surface area contributed by atoms with Crippen LogP contribution in [0.4, 0.5) is 16.0 Å². The highest BCUT2D eigenvalue weighted by Crippen LogP contribution is 2.26. The molecular formula is C23H25FN4O2. The number of ether oxygens (including phenoxy) is 2. The molecule has 156 valence electrons. The van der Waals surface area contributed by atoms with Crippen molar-refractivity contribution in [2.24, 2.45) is 0 Å². The van der Waals surface area contributed by atoms with E-state index >= 15 is 0 Å². The van der Waals surface area contributed by atoms with Crippen molar-refractivity contribution in [3.05, 3.63) is 77.4 Å². The van der Waals surface area contributed by atoms with Gasteiger partial charge in [-0.15, -0.1) is 0 Å². The smallest absolute Gasteiger partial charge is 0.141 e. The fraction of sp³-hybridized carbons (Fsp3) is 0.304. The second kappa shape index (κ2) is 9.19. The molecular weight excluding hydrogens is 383 g/mol. The van der Waals surface area contributed by atoms with Crippen LogP contribution in [0.3, 0.4) is 0 Å². The van der Waals surface area contributed by atoms with E-state index in [1.807, 2.05) is 18.2 Å². The van der Waals surface area contributed by atoms with Crippen molar-refractivity contribution in [2.75, 3.05) is 32.1 Å². The molecule has 0 amide bonds. The summed E-state index contributed by atoms with van der Waals surface area (Å²) in [5.41, 5.74) is 3.19. The summed E-state index contributed by atoms with van der Waals surface area (Å²) in [6.45, 7) is 5.08. The van der Waals surface area contributed by atoms with Crippen LogP contribution in [0.15, 0.2) is 54.7 Å². The van der Waals surface area contributed by atoms with Crippen LogP contribution in [0.25, 0.3) is 0 Å². The predicted octanol–water partition coefficient (Wildman–Crippen LogP) is 4.25. The summed E-state index contributed by atoms with van der Waals surface area (Å²) in [5, 5.41) is 3.11. The number of hydrogen-bond acceptors (Lipinski definition) is 6. The van der Waals surface area contributed by atoms with Crippen molar-refractivity contribution >= 4 is 11.6 Å². The van der Waals surface area contributed by atoms with Gasteiger partial charge >= 0.3 is 0 Å². The summed E-state index contributed by atoms with van der Waals surface area (Å²) < 4.78 is 24.6. The van der Waals surface area contributed by atoms with Crippen LogP contribution in [0.5, 0.6) is 5.75 Å². The number of nitrogens with one attached hydrogen (secondary N) is 1. The van der Waals surface area contributed by atoms with E-state index in [2.05, 4.69) is 45.3 Å². The molecule has 3 heterocycles. The maximum Gasteiger partial charge on any atom is 0.141 e. The first-order valence-corrected chi connectivity index (χ1v) is 9.94. The van der Waals surface area contributed by atoms with E-state index in [-0.39, 0.29) is 11.9 Å². The van der Waals surface area contributed by atoms with Gasteiger partial charge in [-0.05, 0) is 42.8 Å². The molecule has 0 radical (unpaired) electrons. The van der Waals surface area contributed by atoms with Gasteiger partial charge in [-0.2, -0.15) is 0 Å². The fourth-order valence-corrected chi connectivity index (χ4v) is 3.53. The Morgan fingerprint density at radius 3 is 2.90 bits per heavy atom. The number of anilines is 2. The monoisotopic (exact) mass is 408 g/mol. The van der Waals surface area contributed by atoms with E-state index in [1.165, 1.54) is 17.8 Å². The van der Waals surface area contributed by atoms with Crippen molar-refractivity contribution in [1.82, 2.24) is 14.9 Å². The Morgan fingerprint density at radius 2 is 2.10 bits per heavy atom. The third-order valence-electron chi connectivity index (χ3n) is 5.07. The minimum Gasteiger partial charge on any atom is -0.496 e. The van der Waals surface area contributed by atoms with Crippen LogP contribution in [0.2, 0.25) is 0 Å². The second-order valence-electron chi connectivity index (χ2n) is 7.34. The number of aryl methyl sites for hydroxylation is 1. The molecule has 1 aromatic carbocycles. The molecule has 3 aromatic rings. The minimum atomic E-state index is -0.372. The third-order valence-corrected chi connectivity index (χ3v) is 5.07. The van der Waals surface area contributed by atoms with Crippen LogP contribution in [0, 0.1) is 12.7 Å². The zero-order valence-electron chi connectivity index (χ0n) is 17.1. The largest absolute Gasteiger partial charge is 0.496 e. The number of aromatic nitrogens is 2.